The minimum Gasteiger partial charge on any atom is -0.493 e. The molecule has 5 heterocycles. The van der Waals surface area contributed by atoms with Gasteiger partial charge in [0.05, 0.1) is 45.1 Å². The number of fused-ring (bicyclic) bond motifs is 2. The van der Waals surface area contributed by atoms with Crippen LogP contribution in [0.25, 0.3) is 0 Å². The Morgan fingerprint density at radius 2 is 2.03 bits per heavy atom. The lowest BCUT2D eigenvalue weighted by molar-refractivity contribution is -0.135. The number of piperidine rings is 2. The molecule has 30 heavy (non-hydrogen) atoms. The molecule has 6 atom stereocenters. The van der Waals surface area contributed by atoms with Gasteiger partial charge in [0.2, 0.25) is 5.91 Å². The number of methoxy groups -OCH3 is 2. The molecule has 0 N–H and O–H groups in total. The van der Waals surface area contributed by atoms with Crippen molar-refractivity contribution in [2.45, 2.75) is 49.3 Å². The number of hydrogen-bond acceptors (Lipinski definition) is 5. The summed E-state index contributed by atoms with van der Waals surface area (Å²) in [5, 5.41) is 0. The highest BCUT2D eigenvalue weighted by molar-refractivity contribution is 5.99. The van der Waals surface area contributed by atoms with Crippen LogP contribution in [-0.4, -0.2) is 62.9 Å². The molecule has 3 saturated heterocycles. The summed E-state index contributed by atoms with van der Waals surface area (Å²) in [6, 6.07) is 4.88. The standard InChI is InChI=1S/C24H28N2O4/c1-28-17-9-15-16(10-18(17)29-2)26-21(27)11-19-22-14-8-20-24(15,23(22)26)5-6-25(20)12-13(14)4-3-7-30-19/h4,9-10,14,19-20,22-23H,3,5-8,11-12H2,1-2H3/t14-,19-,20-,22?,23-,24+/m0/s1. The Morgan fingerprint density at radius 3 is 2.87 bits per heavy atom. The van der Waals surface area contributed by atoms with Gasteiger partial charge in [-0.3, -0.25) is 9.69 Å². The van der Waals surface area contributed by atoms with E-state index in [0.717, 1.165) is 44.0 Å². The summed E-state index contributed by atoms with van der Waals surface area (Å²) in [6.07, 6.45) is 6.22. The number of carbonyl (C=O) groups excluding carboxylic acids is 1. The van der Waals surface area contributed by atoms with E-state index in [9.17, 15) is 4.79 Å². The maximum absolute atomic E-state index is 13.5. The van der Waals surface area contributed by atoms with Crippen molar-refractivity contribution >= 4 is 11.6 Å². The van der Waals surface area contributed by atoms with Gasteiger partial charge in [-0.1, -0.05) is 11.6 Å². The lowest BCUT2D eigenvalue weighted by Crippen LogP contribution is -2.69. The zero-order valence-corrected chi connectivity index (χ0v) is 17.6. The molecule has 158 valence electrons. The number of rotatable bonds is 2. The van der Waals surface area contributed by atoms with Crippen LogP contribution in [-0.2, 0) is 14.9 Å². The fourth-order valence-electron chi connectivity index (χ4n) is 8.06. The van der Waals surface area contributed by atoms with Crippen molar-refractivity contribution in [3.8, 4) is 11.5 Å². The van der Waals surface area contributed by atoms with Gasteiger partial charge >= 0.3 is 0 Å². The summed E-state index contributed by atoms with van der Waals surface area (Å²) in [5.74, 6) is 2.57. The number of hydrogen-bond donors (Lipinski definition) is 0. The largest absolute Gasteiger partial charge is 0.493 e. The van der Waals surface area contributed by atoms with E-state index in [1.54, 1.807) is 19.8 Å². The molecule has 2 bridgehead atoms. The lowest BCUT2D eigenvalue weighted by atomic mass is 9.53. The van der Waals surface area contributed by atoms with E-state index in [2.05, 4.69) is 21.9 Å². The Morgan fingerprint density at radius 1 is 1.20 bits per heavy atom. The first kappa shape index (κ1) is 17.6. The average Bonchev–Trinajstić information content (AvgIpc) is 3.28. The number of nitrogens with zero attached hydrogens (tertiary/aromatic N) is 2. The van der Waals surface area contributed by atoms with E-state index in [1.165, 1.54) is 12.0 Å². The highest BCUT2D eigenvalue weighted by Gasteiger charge is 2.71. The van der Waals surface area contributed by atoms with Crippen LogP contribution in [0.1, 0.15) is 31.2 Å². The van der Waals surface area contributed by atoms with Gasteiger partial charge in [-0.25, -0.2) is 0 Å². The third-order valence-corrected chi connectivity index (χ3v) is 9.02. The first-order valence-corrected chi connectivity index (χ1v) is 11.3. The highest BCUT2D eigenvalue weighted by atomic mass is 16.5. The van der Waals surface area contributed by atoms with Gasteiger partial charge in [0.15, 0.2) is 11.5 Å². The topological polar surface area (TPSA) is 51.2 Å². The molecule has 1 aliphatic carbocycles. The summed E-state index contributed by atoms with van der Waals surface area (Å²) in [6.45, 7) is 2.91. The van der Waals surface area contributed by atoms with Gasteiger partial charge < -0.3 is 19.1 Å². The predicted molar refractivity (Wildman–Crippen MR) is 111 cm³/mol. The highest BCUT2D eigenvalue weighted by Crippen LogP contribution is 2.66. The molecule has 1 aromatic rings. The minimum atomic E-state index is -0.0293. The predicted octanol–water partition coefficient (Wildman–Crippen LogP) is 2.50. The Hall–Kier alpha value is -2.05. The van der Waals surface area contributed by atoms with Gasteiger partial charge in [-0.2, -0.15) is 0 Å². The van der Waals surface area contributed by atoms with E-state index in [0.29, 0.717) is 30.0 Å². The first-order chi connectivity index (χ1) is 14.7. The second-order valence-electron chi connectivity index (χ2n) is 9.81. The quantitative estimate of drug-likeness (QED) is 0.704. The molecule has 0 aromatic heterocycles. The fourth-order valence-corrected chi connectivity index (χ4v) is 8.06. The van der Waals surface area contributed by atoms with Gasteiger partial charge in [0.25, 0.3) is 0 Å². The summed E-state index contributed by atoms with van der Waals surface area (Å²) < 4.78 is 17.7. The van der Waals surface area contributed by atoms with Crippen molar-refractivity contribution in [3.05, 3.63) is 29.3 Å². The molecule has 6 heteroatoms. The van der Waals surface area contributed by atoms with Crippen molar-refractivity contribution in [1.29, 1.82) is 0 Å². The average molecular weight is 408 g/mol. The van der Waals surface area contributed by atoms with E-state index in [1.807, 2.05) is 6.07 Å². The molecule has 4 fully saturated rings. The monoisotopic (exact) mass is 408 g/mol. The van der Waals surface area contributed by atoms with E-state index in [-0.39, 0.29) is 23.5 Å². The van der Waals surface area contributed by atoms with Crippen molar-refractivity contribution < 1.29 is 19.0 Å². The maximum atomic E-state index is 13.5. The van der Waals surface area contributed by atoms with Gasteiger partial charge in [0.1, 0.15) is 0 Å². The number of amides is 1. The smallest absolute Gasteiger partial charge is 0.229 e. The molecule has 1 saturated carbocycles. The first-order valence-electron chi connectivity index (χ1n) is 11.3. The minimum absolute atomic E-state index is 0.0293. The SMILES string of the molecule is COc1cc2c(cc1OC)[C@@]13CCN4CC5=CCCO[C@H]6CC(=O)N2[C@H]1C6[C@H]5C[C@H]43. The normalized spacial score (nSPS) is 40.5. The number of ether oxygens (including phenoxy) is 3. The number of benzene rings is 1. The van der Waals surface area contributed by atoms with Crippen molar-refractivity contribution in [2.75, 3.05) is 38.8 Å². The molecule has 7 rings (SSSR count). The van der Waals surface area contributed by atoms with E-state index < -0.39 is 0 Å². The van der Waals surface area contributed by atoms with Crippen LogP contribution >= 0.6 is 0 Å². The fraction of sp³-hybridized carbons (Fsp3) is 0.625. The van der Waals surface area contributed by atoms with Crippen LogP contribution in [0, 0.1) is 11.8 Å². The van der Waals surface area contributed by atoms with Gasteiger partial charge in [-0.05, 0) is 43.4 Å². The van der Waals surface area contributed by atoms with Crippen LogP contribution in [0.4, 0.5) is 5.69 Å². The van der Waals surface area contributed by atoms with Crippen LogP contribution in [0.3, 0.4) is 0 Å². The molecule has 6 nitrogen and oxygen atoms in total. The second kappa shape index (κ2) is 5.80. The molecular weight excluding hydrogens is 380 g/mol. The van der Waals surface area contributed by atoms with Crippen molar-refractivity contribution in [1.82, 2.24) is 4.90 Å². The van der Waals surface area contributed by atoms with E-state index >= 15 is 0 Å². The van der Waals surface area contributed by atoms with Crippen LogP contribution in [0.5, 0.6) is 11.5 Å². The summed E-state index contributed by atoms with van der Waals surface area (Å²) in [7, 11) is 3.37. The Kier molecular flexibility index (Phi) is 3.40. The Balaban J connectivity index is 1.51. The molecule has 5 aliphatic heterocycles. The van der Waals surface area contributed by atoms with Gasteiger partial charge in [-0.15, -0.1) is 0 Å². The van der Waals surface area contributed by atoms with Crippen LogP contribution in [0.15, 0.2) is 23.8 Å². The zero-order chi connectivity index (χ0) is 20.2. The maximum Gasteiger partial charge on any atom is 0.229 e. The zero-order valence-electron chi connectivity index (χ0n) is 17.6. The Bertz CT molecular complexity index is 990. The van der Waals surface area contributed by atoms with Crippen molar-refractivity contribution in [3.63, 3.8) is 0 Å². The molecule has 1 aromatic carbocycles. The van der Waals surface area contributed by atoms with Crippen LogP contribution in [0.2, 0.25) is 0 Å². The molecule has 1 unspecified atom stereocenters. The third-order valence-electron chi connectivity index (χ3n) is 9.02. The van der Waals surface area contributed by atoms with E-state index in [4.69, 9.17) is 14.2 Å². The van der Waals surface area contributed by atoms with Gasteiger partial charge in [0, 0.05) is 30.0 Å². The Labute approximate surface area is 176 Å². The summed E-state index contributed by atoms with van der Waals surface area (Å²) in [4.78, 5) is 18.4. The lowest BCUT2D eigenvalue weighted by Gasteiger charge is -2.59. The summed E-state index contributed by atoms with van der Waals surface area (Å²) in [5.41, 5.74) is 3.90. The number of anilines is 1. The van der Waals surface area contributed by atoms with Crippen LogP contribution < -0.4 is 14.4 Å². The summed E-state index contributed by atoms with van der Waals surface area (Å²) >= 11 is 0. The third kappa shape index (κ3) is 1.87. The molecule has 1 spiro atoms. The molecule has 0 radical (unpaired) electrons. The molecule has 1 amide bonds. The molecular formula is C24H28N2O4. The molecule has 6 aliphatic rings. The second-order valence-corrected chi connectivity index (χ2v) is 9.81. The van der Waals surface area contributed by atoms with Crippen molar-refractivity contribution in [2.24, 2.45) is 11.8 Å². The number of carbonyl (C=O) groups is 1.